The van der Waals surface area contributed by atoms with E-state index in [-0.39, 0.29) is 5.91 Å². The Hall–Kier alpha value is -1.91. The molecule has 23 heavy (non-hydrogen) atoms. The third kappa shape index (κ3) is 5.05. The summed E-state index contributed by atoms with van der Waals surface area (Å²) in [6.07, 6.45) is 0.913. The first kappa shape index (κ1) is 17.4. The SMILES string of the molecule is Cc1cccc(C)c1NC(=S)NC(=O)CCc1ccccc1Cl. The molecule has 2 rings (SSSR count). The van der Waals surface area contributed by atoms with E-state index < -0.39 is 0 Å². The van der Waals surface area contributed by atoms with Gasteiger partial charge in [-0.05, 0) is 55.2 Å². The van der Waals surface area contributed by atoms with Gasteiger partial charge in [0.05, 0.1) is 0 Å². The first-order valence-corrected chi connectivity index (χ1v) is 8.16. The van der Waals surface area contributed by atoms with E-state index >= 15 is 0 Å². The molecule has 0 aliphatic rings. The molecular weight excluding hydrogens is 328 g/mol. The van der Waals surface area contributed by atoms with Gasteiger partial charge in [-0.3, -0.25) is 4.79 Å². The van der Waals surface area contributed by atoms with E-state index in [0.717, 1.165) is 22.4 Å². The number of carbonyl (C=O) groups excluding carboxylic acids is 1. The summed E-state index contributed by atoms with van der Waals surface area (Å²) in [5, 5.41) is 6.79. The summed E-state index contributed by atoms with van der Waals surface area (Å²) >= 11 is 11.3. The van der Waals surface area contributed by atoms with Gasteiger partial charge in [0.1, 0.15) is 0 Å². The van der Waals surface area contributed by atoms with Crippen LogP contribution in [0, 0.1) is 13.8 Å². The molecule has 2 N–H and O–H groups in total. The molecule has 120 valence electrons. The number of rotatable bonds is 4. The molecule has 3 nitrogen and oxygen atoms in total. The van der Waals surface area contributed by atoms with E-state index in [1.807, 2.05) is 56.3 Å². The lowest BCUT2D eigenvalue weighted by atomic mass is 10.1. The molecule has 0 spiro atoms. The van der Waals surface area contributed by atoms with Crippen LogP contribution in [0.25, 0.3) is 0 Å². The average Bonchev–Trinajstić information content (AvgIpc) is 2.50. The highest BCUT2D eigenvalue weighted by molar-refractivity contribution is 7.80. The van der Waals surface area contributed by atoms with E-state index in [4.69, 9.17) is 23.8 Å². The Kier molecular flexibility index (Phi) is 6.13. The highest BCUT2D eigenvalue weighted by atomic mass is 35.5. The van der Waals surface area contributed by atoms with Gasteiger partial charge in [0.2, 0.25) is 5.91 Å². The Balaban J connectivity index is 1.88. The Bertz CT molecular complexity index is 710. The molecule has 0 atom stereocenters. The van der Waals surface area contributed by atoms with E-state index in [1.54, 1.807) is 0 Å². The Labute approximate surface area is 147 Å². The van der Waals surface area contributed by atoms with Crippen LogP contribution in [0.2, 0.25) is 5.02 Å². The summed E-state index contributed by atoms with van der Waals surface area (Å²) in [6.45, 7) is 3.99. The lowest BCUT2D eigenvalue weighted by molar-refractivity contribution is -0.119. The van der Waals surface area contributed by atoms with Crippen molar-refractivity contribution in [1.29, 1.82) is 0 Å². The summed E-state index contributed by atoms with van der Waals surface area (Å²) in [5.41, 5.74) is 4.05. The molecule has 0 saturated heterocycles. The summed E-state index contributed by atoms with van der Waals surface area (Å²) in [6, 6.07) is 13.5. The highest BCUT2D eigenvalue weighted by Gasteiger charge is 2.09. The average molecular weight is 347 g/mol. The van der Waals surface area contributed by atoms with Gasteiger partial charge in [-0.25, -0.2) is 0 Å². The van der Waals surface area contributed by atoms with Gasteiger partial charge < -0.3 is 10.6 Å². The van der Waals surface area contributed by atoms with Crippen molar-refractivity contribution in [3.63, 3.8) is 0 Å². The molecule has 0 radical (unpaired) electrons. The molecule has 2 aromatic carbocycles. The second kappa shape index (κ2) is 8.09. The van der Waals surface area contributed by atoms with Crippen molar-refractivity contribution in [2.75, 3.05) is 5.32 Å². The molecule has 0 heterocycles. The number of benzene rings is 2. The molecular formula is C18H19ClN2OS. The zero-order chi connectivity index (χ0) is 16.8. The smallest absolute Gasteiger partial charge is 0.226 e. The van der Waals surface area contributed by atoms with E-state index in [2.05, 4.69) is 10.6 Å². The van der Waals surface area contributed by atoms with Gasteiger partial charge in [-0.15, -0.1) is 0 Å². The molecule has 0 bridgehead atoms. The molecule has 0 saturated carbocycles. The number of aryl methyl sites for hydroxylation is 3. The minimum Gasteiger partial charge on any atom is -0.332 e. The molecule has 0 unspecified atom stereocenters. The highest BCUT2D eigenvalue weighted by Crippen LogP contribution is 2.19. The second-order valence-corrected chi connectivity index (χ2v) is 6.18. The van der Waals surface area contributed by atoms with Crippen molar-refractivity contribution in [3.8, 4) is 0 Å². The molecule has 2 aromatic rings. The van der Waals surface area contributed by atoms with Gasteiger partial charge in [0, 0.05) is 17.1 Å². The number of thiocarbonyl (C=S) groups is 1. The Morgan fingerprint density at radius 1 is 1.09 bits per heavy atom. The third-order valence-electron chi connectivity index (χ3n) is 3.55. The predicted molar refractivity (Wildman–Crippen MR) is 100 cm³/mol. The van der Waals surface area contributed by atoms with Crippen molar-refractivity contribution < 1.29 is 4.79 Å². The van der Waals surface area contributed by atoms with E-state index in [9.17, 15) is 4.79 Å². The standard InChI is InChI=1S/C18H19ClN2OS/c1-12-6-5-7-13(2)17(12)21-18(23)20-16(22)11-10-14-8-3-4-9-15(14)19/h3-9H,10-11H2,1-2H3,(H2,20,21,22,23). The summed E-state index contributed by atoms with van der Waals surface area (Å²) in [7, 11) is 0. The molecule has 0 aliphatic heterocycles. The maximum atomic E-state index is 12.0. The number of halogens is 1. The number of anilines is 1. The minimum absolute atomic E-state index is 0.131. The van der Waals surface area contributed by atoms with Crippen LogP contribution in [0.1, 0.15) is 23.1 Å². The second-order valence-electron chi connectivity index (χ2n) is 5.36. The third-order valence-corrected chi connectivity index (χ3v) is 4.12. The normalized spacial score (nSPS) is 10.2. The summed E-state index contributed by atoms with van der Waals surface area (Å²) in [4.78, 5) is 12.0. The number of hydrogen-bond donors (Lipinski definition) is 2. The van der Waals surface area contributed by atoms with Crippen molar-refractivity contribution in [1.82, 2.24) is 5.32 Å². The van der Waals surface area contributed by atoms with Gasteiger partial charge in [0.25, 0.3) is 0 Å². The van der Waals surface area contributed by atoms with Crippen molar-refractivity contribution in [2.24, 2.45) is 0 Å². The quantitative estimate of drug-likeness (QED) is 0.806. The van der Waals surface area contributed by atoms with Gasteiger partial charge in [-0.1, -0.05) is 48.0 Å². The fourth-order valence-electron chi connectivity index (χ4n) is 2.29. The van der Waals surface area contributed by atoms with Crippen LogP contribution >= 0.6 is 23.8 Å². The summed E-state index contributed by atoms with van der Waals surface area (Å²) < 4.78 is 0. The van der Waals surface area contributed by atoms with Crippen LogP contribution in [0.5, 0.6) is 0 Å². The maximum Gasteiger partial charge on any atom is 0.226 e. The van der Waals surface area contributed by atoms with E-state index in [1.165, 1.54) is 0 Å². The summed E-state index contributed by atoms with van der Waals surface area (Å²) in [5.74, 6) is -0.131. The molecule has 5 heteroatoms. The van der Waals surface area contributed by atoms with Gasteiger partial charge >= 0.3 is 0 Å². The lowest BCUT2D eigenvalue weighted by Crippen LogP contribution is -2.34. The molecule has 1 amide bonds. The Morgan fingerprint density at radius 2 is 1.74 bits per heavy atom. The van der Waals surface area contributed by atoms with Crippen LogP contribution < -0.4 is 10.6 Å². The van der Waals surface area contributed by atoms with Crippen LogP contribution in [-0.4, -0.2) is 11.0 Å². The Morgan fingerprint density at radius 3 is 2.39 bits per heavy atom. The van der Waals surface area contributed by atoms with Crippen LogP contribution in [0.3, 0.4) is 0 Å². The maximum absolute atomic E-state index is 12.0. The predicted octanol–water partition coefficient (Wildman–Crippen LogP) is 4.40. The molecule has 0 aliphatic carbocycles. The van der Waals surface area contributed by atoms with Gasteiger partial charge in [-0.2, -0.15) is 0 Å². The van der Waals surface area contributed by atoms with Crippen LogP contribution in [0.15, 0.2) is 42.5 Å². The fraction of sp³-hybridized carbons (Fsp3) is 0.222. The number of nitrogens with one attached hydrogen (secondary N) is 2. The monoisotopic (exact) mass is 346 g/mol. The number of para-hydroxylation sites is 1. The van der Waals surface area contributed by atoms with Crippen LogP contribution in [-0.2, 0) is 11.2 Å². The first-order chi connectivity index (χ1) is 11.0. The van der Waals surface area contributed by atoms with Crippen molar-refractivity contribution in [2.45, 2.75) is 26.7 Å². The number of hydrogen-bond acceptors (Lipinski definition) is 2. The molecule has 0 fully saturated rings. The van der Waals surface area contributed by atoms with Crippen molar-refractivity contribution >= 4 is 40.5 Å². The van der Waals surface area contributed by atoms with Crippen LogP contribution in [0.4, 0.5) is 5.69 Å². The zero-order valence-corrected chi connectivity index (χ0v) is 14.7. The van der Waals surface area contributed by atoms with E-state index in [0.29, 0.717) is 23.0 Å². The number of carbonyl (C=O) groups is 1. The van der Waals surface area contributed by atoms with Gasteiger partial charge in [0.15, 0.2) is 5.11 Å². The zero-order valence-electron chi connectivity index (χ0n) is 13.2. The molecule has 0 aromatic heterocycles. The minimum atomic E-state index is -0.131. The fourth-order valence-corrected chi connectivity index (χ4v) is 2.74. The lowest BCUT2D eigenvalue weighted by Gasteiger charge is -2.14. The topological polar surface area (TPSA) is 41.1 Å². The largest absolute Gasteiger partial charge is 0.332 e. The first-order valence-electron chi connectivity index (χ1n) is 7.38. The van der Waals surface area contributed by atoms with Crippen molar-refractivity contribution in [3.05, 3.63) is 64.2 Å². The number of amides is 1.